The van der Waals surface area contributed by atoms with Gasteiger partial charge in [0.25, 0.3) is 21.2 Å². The largest absolute Gasteiger partial charge is 1.00 e. The molecule has 0 aromatic carbocycles. The fraction of sp³-hybridized carbons (Fsp3) is 0.600. The standard InChI is InChI=1S/C10H17N2O15P3.4Li/c1-23-8-7(14)5(25-9(8)12-3-2-6(13)11-10(12)15)4-24-29(19,20)27-30(21,22)26-28(16,17)18;;;;/h2-3,5,7-9,14H,4H2,1H3,(H,19,20)(H,21,22)(H,11,13,15)(H2,16,17,18);;;;/q;4*+1/p-4. The van der Waals surface area contributed by atoms with Crippen molar-refractivity contribution in [2.45, 2.75) is 24.5 Å². The molecule has 24 heteroatoms. The van der Waals surface area contributed by atoms with Gasteiger partial charge < -0.3 is 43.2 Å². The topological polar surface area (TPSA) is 265 Å². The van der Waals surface area contributed by atoms with Gasteiger partial charge >= 0.3 is 81.1 Å². The summed E-state index contributed by atoms with van der Waals surface area (Å²) in [6, 6.07) is 0.962. The number of aliphatic hydroxyl groups is 1. The van der Waals surface area contributed by atoms with E-state index in [4.69, 9.17) is 9.47 Å². The van der Waals surface area contributed by atoms with Crippen LogP contribution in [0.5, 0.6) is 0 Å². The first kappa shape index (κ1) is 39.9. The molecule has 0 radical (unpaired) electrons. The second-order valence-corrected chi connectivity index (χ2v) is 9.82. The molecule has 0 saturated carbocycles. The third-order valence-electron chi connectivity index (χ3n) is 3.51. The smallest absolute Gasteiger partial charge is 0.790 e. The molecular formula is C10H13Li4N2O15P3. The van der Waals surface area contributed by atoms with Crippen LogP contribution < -0.4 is 106 Å². The van der Waals surface area contributed by atoms with Crippen LogP contribution in [0.3, 0.4) is 0 Å². The van der Waals surface area contributed by atoms with Gasteiger partial charge in [0.1, 0.15) is 18.3 Å². The van der Waals surface area contributed by atoms with Gasteiger partial charge in [0.2, 0.25) is 0 Å². The zero-order chi connectivity index (χ0) is 22.9. The Kier molecular flexibility index (Phi) is 18.4. The third-order valence-corrected chi connectivity index (χ3v) is 7.17. The van der Waals surface area contributed by atoms with E-state index in [2.05, 4.69) is 13.1 Å². The Labute approximate surface area is 239 Å². The molecule has 1 aromatic heterocycles. The first-order valence-electron chi connectivity index (χ1n) is 7.53. The number of hydrogen-bond donors (Lipinski definition) is 2. The molecule has 6 atom stereocenters. The van der Waals surface area contributed by atoms with Crippen LogP contribution in [-0.2, 0) is 36.3 Å². The van der Waals surface area contributed by atoms with E-state index in [0.717, 1.165) is 23.9 Å². The predicted octanol–water partition coefficient (Wildman–Crippen LogP) is -16.4. The van der Waals surface area contributed by atoms with E-state index in [1.807, 2.05) is 4.98 Å². The summed E-state index contributed by atoms with van der Waals surface area (Å²) in [4.78, 5) is 68.2. The molecule has 1 fully saturated rings. The maximum atomic E-state index is 11.9. The van der Waals surface area contributed by atoms with Crippen LogP contribution in [0.15, 0.2) is 21.9 Å². The molecule has 172 valence electrons. The van der Waals surface area contributed by atoms with E-state index >= 15 is 0 Å². The quantitative estimate of drug-likeness (QED) is 0.225. The molecule has 1 saturated heterocycles. The number of aliphatic hydroxyl groups excluding tert-OH is 1. The maximum Gasteiger partial charge on any atom is 1.00 e. The van der Waals surface area contributed by atoms with Crippen molar-refractivity contribution in [2.75, 3.05) is 13.7 Å². The van der Waals surface area contributed by atoms with E-state index < -0.39 is 65.9 Å². The van der Waals surface area contributed by atoms with Gasteiger partial charge in [0.05, 0.1) is 14.4 Å². The molecule has 2 N–H and O–H groups in total. The van der Waals surface area contributed by atoms with E-state index in [-0.39, 0.29) is 75.4 Å². The monoisotopic (exact) mass is 522 g/mol. The number of nitrogens with one attached hydrogen (secondary N) is 1. The SMILES string of the molecule is COC1C(O)C(COP(=O)([O-])OP(=O)([O-])OP(=O)([O-])[O-])OC1n1ccc(=O)[nH]c1=O.[Li+].[Li+].[Li+].[Li+]. The third kappa shape index (κ3) is 11.8. The Morgan fingerprint density at radius 3 is 2.09 bits per heavy atom. The number of H-pyrrole nitrogens is 1. The first-order chi connectivity index (χ1) is 13.6. The van der Waals surface area contributed by atoms with Gasteiger partial charge in [0.15, 0.2) is 6.23 Å². The molecule has 1 aliphatic heterocycles. The maximum absolute atomic E-state index is 11.9. The number of methoxy groups -OCH3 is 1. The average molecular weight is 522 g/mol. The fourth-order valence-electron chi connectivity index (χ4n) is 2.41. The molecular weight excluding hydrogens is 509 g/mol. The molecule has 2 heterocycles. The fourth-order valence-corrected chi connectivity index (χ4v) is 5.28. The zero-order valence-corrected chi connectivity index (χ0v) is 21.3. The van der Waals surface area contributed by atoms with Gasteiger partial charge in [-0.3, -0.25) is 27.8 Å². The van der Waals surface area contributed by atoms with Crippen LogP contribution in [-0.4, -0.2) is 46.7 Å². The number of ether oxygens (including phenoxy) is 2. The summed E-state index contributed by atoms with van der Waals surface area (Å²) in [7, 11) is -17.0. The first-order valence-corrected chi connectivity index (χ1v) is 11.9. The van der Waals surface area contributed by atoms with Crippen molar-refractivity contribution in [1.82, 2.24) is 9.55 Å². The van der Waals surface area contributed by atoms with Gasteiger partial charge in [0, 0.05) is 19.4 Å². The minimum atomic E-state index is -6.15. The van der Waals surface area contributed by atoms with E-state index in [9.17, 15) is 48.0 Å². The van der Waals surface area contributed by atoms with Gasteiger partial charge in [-0.05, 0) is 0 Å². The van der Waals surface area contributed by atoms with Crippen molar-refractivity contribution in [2.24, 2.45) is 0 Å². The van der Waals surface area contributed by atoms with E-state index in [1.54, 1.807) is 0 Å². The molecule has 0 spiro atoms. The summed E-state index contributed by atoms with van der Waals surface area (Å²) in [5.74, 6) is 0. The summed E-state index contributed by atoms with van der Waals surface area (Å²) < 4.78 is 54.7. The van der Waals surface area contributed by atoms with Crippen LogP contribution in [0.25, 0.3) is 0 Å². The normalized spacial score (nSPS) is 25.4. The van der Waals surface area contributed by atoms with Crippen molar-refractivity contribution in [3.8, 4) is 0 Å². The number of hydrogen-bond acceptors (Lipinski definition) is 15. The van der Waals surface area contributed by atoms with Crippen molar-refractivity contribution in [3.05, 3.63) is 33.1 Å². The summed E-state index contributed by atoms with van der Waals surface area (Å²) in [6.45, 7) is -1.08. The van der Waals surface area contributed by atoms with Crippen LogP contribution >= 0.6 is 23.5 Å². The Bertz CT molecular complexity index is 1030. The number of nitrogens with zero attached hydrogens (tertiary/aromatic N) is 1. The predicted molar refractivity (Wildman–Crippen MR) is 83.0 cm³/mol. The zero-order valence-electron chi connectivity index (χ0n) is 18.6. The van der Waals surface area contributed by atoms with E-state index in [0.29, 0.717) is 0 Å². The molecule has 2 rings (SSSR count). The minimum absolute atomic E-state index is 0. The second kappa shape index (κ2) is 15.7. The molecule has 1 aromatic rings. The summed E-state index contributed by atoms with van der Waals surface area (Å²) in [5.41, 5.74) is -1.66. The molecule has 6 unspecified atom stereocenters. The van der Waals surface area contributed by atoms with E-state index in [1.165, 1.54) is 0 Å². The van der Waals surface area contributed by atoms with Crippen LogP contribution in [0, 0.1) is 0 Å². The molecule has 0 aliphatic carbocycles. The van der Waals surface area contributed by atoms with Crippen molar-refractivity contribution in [3.63, 3.8) is 0 Å². The Morgan fingerprint density at radius 1 is 1.06 bits per heavy atom. The number of rotatable bonds is 9. The van der Waals surface area contributed by atoms with Crippen molar-refractivity contribution >= 4 is 23.5 Å². The summed E-state index contributed by atoms with van der Waals surface area (Å²) in [5, 5.41) is 10.2. The van der Waals surface area contributed by atoms with Gasteiger partial charge in [-0.2, -0.15) is 0 Å². The number of phosphoric ester groups is 1. The minimum Gasteiger partial charge on any atom is -0.790 e. The van der Waals surface area contributed by atoms with Crippen molar-refractivity contribution < 1.29 is 136 Å². The van der Waals surface area contributed by atoms with Crippen LogP contribution in [0.1, 0.15) is 6.23 Å². The molecule has 0 amide bonds. The average Bonchev–Trinajstić information content (AvgIpc) is 2.85. The molecule has 1 aliphatic rings. The second-order valence-electron chi connectivity index (χ2n) is 5.57. The van der Waals surface area contributed by atoms with Crippen molar-refractivity contribution in [1.29, 1.82) is 0 Å². The molecule has 34 heavy (non-hydrogen) atoms. The number of phosphoric acid groups is 3. The number of aromatic amines is 1. The van der Waals surface area contributed by atoms with Crippen LogP contribution in [0.4, 0.5) is 0 Å². The molecule has 0 bridgehead atoms. The summed E-state index contributed by atoms with van der Waals surface area (Å²) in [6.07, 6.45) is -4.73. The van der Waals surface area contributed by atoms with Crippen LogP contribution in [0.2, 0.25) is 0 Å². The van der Waals surface area contributed by atoms with Gasteiger partial charge in [-0.1, -0.05) is 0 Å². The van der Waals surface area contributed by atoms with Gasteiger partial charge in [-0.25, -0.2) is 9.11 Å². The Hall–Kier alpha value is 1.36. The Balaban J connectivity index is -0.00000240. The summed E-state index contributed by atoms with van der Waals surface area (Å²) >= 11 is 0. The molecule has 17 nitrogen and oxygen atoms in total. The number of aromatic nitrogens is 2. The van der Waals surface area contributed by atoms with Gasteiger partial charge in [-0.15, -0.1) is 0 Å². The Morgan fingerprint density at radius 2 is 1.62 bits per heavy atom.